The number of carbonyl (C=O) groups excluding carboxylic acids is 1. The van der Waals surface area contributed by atoms with Gasteiger partial charge >= 0.3 is 6.61 Å². The smallest absolute Gasteiger partial charge is 0.387 e. The summed E-state index contributed by atoms with van der Waals surface area (Å²) in [5.74, 6) is 0.258. The molecule has 110 valence electrons. The molecule has 1 amide bonds. The van der Waals surface area contributed by atoms with Gasteiger partial charge in [-0.05, 0) is 37.1 Å². The van der Waals surface area contributed by atoms with Crippen LogP contribution in [0.25, 0.3) is 0 Å². The number of anilines is 1. The number of halogens is 2. The average Bonchev–Trinajstić information content (AvgIpc) is 2.41. The van der Waals surface area contributed by atoms with Crippen LogP contribution < -0.4 is 10.1 Å². The lowest BCUT2D eigenvalue weighted by atomic mass is 10.0. The normalized spacial score (nSPS) is 16.3. The summed E-state index contributed by atoms with van der Waals surface area (Å²) in [5, 5.41) is 3.34. The van der Waals surface area contributed by atoms with Crippen molar-refractivity contribution in [3.63, 3.8) is 0 Å². The van der Waals surface area contributed by atoms with E-state index in [-0.39, 0.29) is 11.7 Å². The predicted octanol–water partition coefficient (Wildman–Crippen LogP) is 2.71. The number of likely N-dealkylation sites (tertiary alicyclic amines) is 1. The number of carbonyl (C=O) groups is 1. The summed E-state index contributed by atoms with van der Waals surface area (Å²) in [6, 6.07) is 6.76. The van der Waals surface area contributed by atoms with Gasteiger partial charge in [-0.1, -0.05) is 0 Å². The number of nitrogens with zero attached hydrogens (tertiary/aromatic N) is 1. The molecule has 1 N–H and O–H groups in total. The molecule has 1 aliphatic heterocycles. The first-order valence-electron chi connectivity index (χ1n) is 6.61. The van der Waals surface area contributed by atoms with Crippen LogP contribution in [0.5, 0.6) is 5.75 Å². The molecule has 2 rings (SSSR count). The van der Waals surface area contributed by atoms with Crippen LogP contribution in [0.3, 0.4) is 0 Å². The summed E-state index contributed by atoms with van der Waals surface area (Å²) >= 11 is 0. The lowest BCUT2D eigenvalue weighted by Crippen LogP contribution is -2.41. The van der Waals surface area contributed by atoms with Crippen molar-refractivity contribution in [3.05, 3.63) is 24.3 Å². The third kappa shape index (κ3) is 4.08. The van der Waals surface area contributed by atoms with Crippen LogP contribution in [0, 0.1) is 0 Å². The van der Waals surface area contributed by atoms with E-state index in [9.17, 15) is 13.6 Å². The van der Waals surface area contributed by atoms with Crippen molar-refractivity contribution >= 4 is 11.6 Å². The largest absolute Gasteiger partial charge is 0.435 e. The molecular weight excluding hydrogens is 266 g/mol. The topological polar surface area (TPSA) is 41.6 Å². The van der Waals surface area contributed by atoms with E-state index in [2.05, 4.69) is 10.1 Å². The zero-order chi connectivity index (χ0) is 14.5. The van der Waals surface area contributed by atoms with Gasteiger partial charge < -0.3 is 15.0 Å². The van der Waals surface area contributed by atoms with Gasteiger partial charge in [-0.2, -0.15) is 8.78 Å². The third-order valence-corrected chi connectivity index (χ3v) is 3.39. The third-order valence-electron chi connectivity index (χ3n) is 3.39. The zero-order valence-electron chi connectivity index (χ0n) is 11.3. The minimum Gasteiger partial charge on any atom is -0.435 e. The van der Waals surface area contributed by atoms with E-state index in [1.54, 1.807) is 19.1 Å². The van der Waals surface area contributed by atoms with E-state index < -0.39 is 6.61 Å². The Bertz CT molecular complexity index is 443. The second kappa shape index (κ2) is 6.54. The van der Waals surface area contributed by atoms with Gasteiger partial charge in [0, 0.05) is 31.7 Å². The van der Waals surface area contributed by atoms with E-state index in [0.717, 1.165) is 31.6 Å². The van der Waals surface area contributed by atoms with Crippen molar-refractivity contribution in [2.45, 2.75) is 32.4 Å². The molecule has 0 bridgehead atoms. The number of piperidine rings is 1. The summed E-state index contributed by atoms with van der Waals surface area (Å²) in [5.41, 5.74) is 0.868. The Morgan fingerprint density at radius 3 is 2.40 bits per heavy atom. The molecule has 0 unspecified atom stereocenters. The number of alkyl halides is 2. The molecule has 0 spiro atoms. The maximum atomic E-state index is 12.0. The molecule has 1 saturated heterocycles. The molecule has 0 aliphatic carbocycles. The highest BCUT2D eigenvalue weighted by atomic mass is 19.3. The SMILES string of the molecule is CC(=O)N1CCC(Nc2ccc(OC(F)F)cc2)CC1. The van der Waals surface area contributed by atoms with E-state index >= 15 is 0 Å². The number of rotatable bonds is 4. The first-order chi connectivity index (χ1) is 9.54. The number of benzene rings is 1. The lowest BCUT2D eigenvalue weighted by Gasteiger charge is -2.32. The van der Waals surface area contributed by atoms with Crippen LogP contribution in [0.15, 0.2) is 24.3 Å². The van der Waals surface area contributed by atoms with E-state index in [0.29, 0.717) is 6.04 Å². The van der Waals surface area contributed by atoms with Crippen molar-refractivity contribution < 1.29 is 18.3 Å². The zero-order valence-corrected chi connectivity index (χ0v) is 11.3. The van der Waals surface area contributed by atoms with E-state index in [1.165, 1.54) is 12.1 Å². The lowest BCUT2D eigenvalue weighted by molar-refractivity contribution is -0.129. The number of nitrogens with one attached hydrogen (secondary N) is 1. The van der Waals surface area contributed by atoms with Crippen molar-refractivity contribution in [1.82, 2.24) is 4.90 Å². The van der Waals surface area contributed by atoms with Crippen LogP contribution in [-0.2, 0) is 4.79 Å². The highest BCUT2D eigenvalue weighted by molar-refractivity contribution is 5.73. The molecule has 1 aromatic rings. The van der Waals surface area contributed by atoms with Crippen molar-refractivity contribution in [2.24, 2.45) is 0 Å². The van der Waals surface area contributed by atoms with Crippen molar-refractivity contribution in [2.75, 3.05) is 18.4 Å². The minimum absolute atomic E-state index is 0.108. The Hall–Kier alpha value is -1.85. The van der Waals surface area contributed by atoms with E-state index in [4.69, 9.17) is 0 Å². The van der Waals surface area contributed by atoms with Gasteiger partial charge in [0.15, 0.2) is 0 Å². The van der Waals surface area contributed by atoms with E-state index in [1.807, 2.05) is 4.90 Å². The highest BCUT2D eigenvalue weighted by Crippen LogP contribution is 2.20. The van der Waals surface area contributed by atoms with Gasteiger partial charge in [0.05, 0.1) is 0 Å². The van der Waals surface area contributed by atoms with Gasteiger partial charge in [0.25, 0.3) is 0 Å². The standard InChI is InChI=1S/C14H18F2N2O2/c1-10(19)18-8-6-12(7-9-18)17-11-2-4-13(5-3-11)20-14(15)16/h2-5,12,14,17H,6-9H2,1H3. The summed E-state index contributed by atoms with van der Waals surface area (Å²) in [7, 11) is 0. The summed E-state index contributed by atoms with van der Waals surface area (Å²) in [4.78, 5) is 13.1. The van der Waals surface area contributed by atoms with Gasteiger partial charge in [-0.25, -0.2) is 0 Å². The quantitative estimate of drug-likeness (QED) is 0.924. The molecule has 0 radical (unpaired) electrons. The first-order valence-corrected chi connectivity index (χ1v) is 6.61. The Balaban J connectivity index is 1.83. The molecule has 0 aromatic heterocycles. The Morgan fingerprint density at radius 2 is 1.90 bits per heavy atom. The predicted molar refractivity (Wildman–Crippen MR) is 72.0 cm³/mol. The monoisotopic (exact) mass is 284 g/mol. The molecule has 0 atom stereocenters. The number of amides is 1. The van der Waals surface area contributed by atoms with Crippen LogP contribution in [-0.4, -0.2) is 36.5 Å². The van der Waals surface area contributed by atoms with Crippen molar-refractivity contribution in [3.8, 4) is 5.75 Å². The number of hydrogen-bond acceptors (Lipinski definition) is 3. The summed E-state index contributed by atoms with van der Waals surface area (Å²) in [6.07, 6.45) is 1.77. The molecule has 0 saturated carbocycles. The minimum atomic E-state index is -2.80. The van der Waals surface area contributed by atoms with Crippen LogP contribution >= 0.6 is 0 Å². The summed E-state index contributed by atoms with van der Waals surface area (Å²) in [6.45, 7) is 0.277. The molecule has 6 heteroatoms. The average molecular weight is 284 g/mol. The molecule has 4 nitrogen and oxygen atoms in total. The maximum Gasteiger partial charge on any atom is 0.387 e. The summed E-state index contributed by atoms with van der Waals surface area (Å²) < 4.78 is 28.3. The second-order valence-electron chi connectivity index (χ2n) is 4.83. The molecule has 1 aliphatic rings. The fraction of sp³-hybridized carbons (Fsp3) is 0.500. The fourth-order valence-electron chi connectivity index (χ4n) is 2.31. The molecule has 1 aromatic carbocycles. The number of hydrogen-bond donors (Lipinski definition) is 1. The molecule has 1 fully saturated rings. The van der Waals surface area contributed by atoms with Crippen LogP contribution in [0.2, 0.25) is 0 Å². The highest BCUT2D eigenvalue weighted by Gasteiger charge is 2.20. The Labute approximate surface area is 116 Å². The van der Waals surface area contributed by atoms with Crippen LogP contribution in [0.4, 0.5) is 14.5 Å². The Kier molecular flexibility index (Phi) is 4.76. The van der Waals surface area contributed by atoms with Crippen molar-refractivity contribution in [1.29, 1.82) is 0 Å². The second-order valence-corrected chi connectivity index (χ2v) is 4.83. The first kappa shape index (κ1) is 14.6. The number of ether oxygens (including phenoxy) is 1. The fourth-order valence-corrected chi connectivity index (χ4v) is 2.31. The van der Waals surface area contributed by atoms with Crippen LogP contribution in [0.1, 0.15) is 19.8 Å². The van der Waals surface area contributed by atoms with Gasteiger partial charge in [0.1, 0.15) is 5.75 Å². The molecular formula is C14H18F2N2O2. The molecule has 1 heterocycles. The Morgan fingerprint density at radius 1 is 1.30 bits per heavy atom. The van der Waals surface area contributed by atoms with Gasteiger partial charge in [0.2, 0.25) is 5.91 Å². The maximum absolute atomic E-state index is 12.0. The molecule has 20 heavy (non-hydrogen) atoms. The van der Waals surface area contributed by atoms with Gasteiger partial charge in [-0.15, -0.1) is 0 Å². The van der Waals surface area contributed by atoms with Gasteiger partial charge in [-0.3, -0.25) is 4.79 Å².